The summed E-state index contributed by atoms with van der Waals surface area (Å²) in [6.45, 7) is 12.5. The first-order chi connectivity index (χ1) is 9.26. The molecule has 0 aliphatic carbocycles. The normalized spacial score (nSPS) is 11.4. The highest BCUT2D eigenvalue weighted by Gasteiger charge is 2.20. The van der Waals surface area contributed by atoms with Crippen molar-refractivity contribution in [3.8, 4) is 0 Å². The van der Waals surface area contributed by atoms with E-state index in [9.17, 15) is 9.59 Å². The Labute approximate surface area is 122 Å². The first kappa shape index (κ1) is 18.9. The van der Waals surface area contributed by atoms with E-state index < -0.39 is 5.97 Å². The second-order valence-electron chi connectivity index (χ2n) is 6.19. The summed E-state index contributed by atoms with van der Waals surface area (Å²) in [5, 5.41) is 8.89. The van der Waals surface area contributed by atoms with E-state index in [-0.39, 0.29) is 19.0 Å². The third-order valence-corrected chi connectivity index (χ3v) is 2.78. The molecule has 0 fully saturated rings. The first-order valence-electron chi connectivity index (χ1n) is 7.48. The molecule has 1 N–H and O–H groups in total. The van der Waals surface area contributed by atoms with E-state index in [0.29, 0.717) is 18.4 Å². The van der Waals surface area contributed by atoms with Gasteiger partial charge in [0.05, 0.1) is 13.1 Å². The van der Waals surface area contributed by atoms with Crippen LogP contribution in [-0.2, 0) is 9.59 Å². The highest BCUT2D eigenvalue weighted by atomic mass is 16.4. The zero-order chi connectivity index (χ0) is 15.7. The largest absolute Gasteiger partial charge is 0.480 e. The van der Waals surface area contributed by atoms with E-state index in [1.54, 1.807) is 4.90 Å². The van der Waals surface area contributed by atoms with Crippen LogP contribution in [0.2, 0.25) is 0 Å². The fourth-order valence-corrected chi connectivity index (χ4v) is 2.17. The molecular formula is C15H30N2O3. The molecule has 20 heavy (non-hydrogen) atoms. The van der Waals surface area contributed by atoms with Gasteiger partial charge in [0.1, 0.15) is 0 Å². The molecule has 0 atom stereocenters. The highest BCUT2D eigenvalue weighted by Crippen LogP contribution is 2.05. The Hall–Kier alpha value is -1.10. The van der Waals surface area contributed by atoms with Crippen molar-refractivity contribution in [1.82, 2.24) is 9.80 Å². The number of nitrogens with zero attached hydrogens (tertiary/aromatic N) is 2. The van der Waals surface area contributed by atoms with Crippen LogP contribution < -0.4 is 0 Å². The van der Waals surface area contributed by atoms with Gasteiger partial charge in [-0.15, -0.1) is 0 Å². The summed E-state index contributed by atoms with van der Waals surface area (Å²) in [6.07, 6.45) is 0.842. The molecule has 0 aliphatic rings. The maximum atomic E-state index is 12.4. The number of carboxylic acids is 1. The fraction of sp³-hybridized carbons (Fsp3) is 0.867. The Balaban J connectivity index is 4.63. The topological polar surface area (TPSA) is 60.9 Å². The average molecular weight is 286 g/mol. The summed E-state index contributed by atoms with van der Waals surface area (Å²) < 4.78 is 0. The minimum absolute atomic E-state index is 0.0297. The molecule has 0 aliphatic heterocycles. The van der Waals surface area contributed by atoms with Gasteiger partial charge >= 0.3 is 5.97 Å². The minimum atomic E-state index is -0.884. The van der Waals surface area contributed by atoms with E-state index >= 15 is 0 Å². The minimum Gasteiger partial charge on any atom is -0.480 e. The molecule has 5 heteroatoms. The van der Waals surface area contributed by atoms with Crippen LogP contribution in [0.1, 0.15) is 41.0 Å². The summed E-state index contributed by atoms with van der Waals surface area (Å²) in [5.74, 6) is -0.0267. The Morgan fingerprint density at radius 1 is 1.00 bits per heavy atom. The van der Waals surface area contributed by atoms with Crippen LogP contribution in [0.15, 0.2) is 0 Å². The molecular weight excluding hydrogens is 256 g/mol. The molecule has 1 amide bonds. The Morgan fingerprint density at radius 3 is 1.85 bits per heavy atom. The van der Waals surface area contributed by atoms with Gasteiger partial charge in [0.15, 0.2) is 0 Å². The number of aliphatic carboxylic acids is 1. The predicted molar refractivity (Wildman–Crippen MR) is 80.6 cm³/mol. The summed E-state index contributed by atoms with van der Waals surface area (Å²) in [7, 11) is 0. The SMILES string of the molecule is CCCN(CC(=O)O)CC(=O)N(CC(C)C)CC(C)C. The van der Waals surface area contributed by atoms with Gasteiger partial charge in [-0.05, 0) is 24.8 Å². The van der Waals surface area contributed by atoms with Crippen LogP contribution in [0.5, 0.6) is 0 Å². The van der Waals surface area contributed by atoms with Crippen molar-refractivity contribution in [2.24, 2.45) is 11.8 Å². The molecule has 0 saturated carbocycles. The van der Waals surface area contributed by atoms with Crippen molar-refractivity contribution in [3.05, 3.63) is 0 Å². The first-order valence-corrected chi connectivity index (χ1v) is 7.48. The summed E-state index contributed by atoms with van der Waals surface area (Å²) >= 11 is 0. The number of amides is 1. The molecule has 118 valence electrons. The Morgan fingerprint density at radius 2 is 1.50 bits per heavy atom. The van der Waals surface area contributed by atoms with Crippen LogP contribution in [0, 0.1) is 11.8 Å². The van der Waals surface area contributed by atoms with Gasteiger partial charge in [-0.3, -0.25) is 14.5 Å². The standard InChI is InChI=1S/C15H30N2O3/c1-6-7-16(11-15(19)20)10-14(18)17(8-12(2)3)9-13(4)5/h12-13H,6-11H2,1-5H3,(H,19,20). The quantitative estimate of drug-likeness (QED) is 0.666. The van der Waals surface area contributed by atoms with Crippen molar-refractivity contribution in [3.63, 3.8) is 0 Å². The van der Waals surface area contributed by atoms with Crippen molar-refractivity contribution < 1.29 is 14.7 Å². The number of carbonyl (C=O) groups excluding carboxylic acids is 1. The van der Waals surface area contributed by atoms with Crippen LogP contribution >= 0.6 is 0 Å². The number of rotatable bonds is 10. The lowest BCUT2D eigenvalue weighted by atomic mass is 10.1. The van der Waals surface area contributed by atoms with Crippen LogP contribution in [0.3, 0.4) is 0 Å². The molecule has 0 aromatic rings. The molecule has 0 unspecified atom stereocenters. The van der Waals surface area contributed by atoms with Crippen LogP contribution in [0.25, 0.3) is 0 Å². The van der Waals surface area contributed by atoms with Gasteiger partial charge in [0.25, 0.3) is 0 Å². The Bertz CT molecular complexity index is 293. The van der Waals surface area contributed by atoms with Gasteiger partial charge in [0, 0.05) is 13.1 Å². The maximum absolute atomic E-state index is 12.4. The molecule has 0 aromatic heterocycles. The second kappa shape index (κ2) is 9.75. The second-order valence-corrected chi connectivity index (χ2v) is 6.19. The zero-order valence-corrected chi connectivity index (χ0v) is 13.6. The van der Waals surface area contributed by atoms with Crippen molar-refractivity contribution >= 4 is 11.9 Å². The zero-order valence-electron chi connectivity index (χ0n) is 13.6. The molecule has 0 aromatic carbocycles. The predicted octanol–water partition coefficient (Wildman–Crippen LogP) is 1.92. The summed E-state index contributed by atoms with van der Waals surface area (Å²) in [4.78, 5) is 26.8. The Kier molecular flexibility index (Phi) is 9.21. The van der Waals surface area contributed by atoms with Crippen LogP contribution in [-0.4, -0.2) is 59.5 Å². The van der Waals surface area contributed by atoms with Crippen molar-refractivity contribution in [2.45, 2.75) is 41.0 Å². The number of hydrogen-bond acceptors (Lipinski definition) is 3. The van der Waals surface area contributed by atoms with E-state index in [0.717, 1.165) is 19.5 Å². The summed E-state index contributed by atoms with van der Waals surface area (Å²) in [6, 6.07) is 0. The van der Waals surface area contributed by atoms with Gasteiger partial charge < -0.3 is 10.0 Å². The fourth-order valence-electron chi connectivity index (χ4n) is 2.17. The molecule has 0 saturated heterocycles. The number of carboxylic acid groups (broad SMARTS) is 1. The molecule has 0 bridgehead atoms. The maximum Gasteiger partial charge on any atom is 0.317 e. The lowest BCUT2D eigenvalue weighted by Crippen LogP contribution is -2.45. The smallest absolute Gasteiger partial charge is 0.317 e. The molecule has 0 heterocycles. The van der Waals surface area contributed by atoms with Gasteiger partial charge in [0.2, 0.25) is 5.91 Å². The number of hydrogen-bond donors (Lipinski definition) is 1. The molecule has 0 radical (unpaired) electrons. The van der Waals surface area contributed by atoms with Gasteiger partial charge in [-0.2, -0.15) is 0 Å². The monoisotopic (exact) mass is 286 g/mol. The van der Waals surface area contributed by atoms with Crippen LogP contribution in [0.4, 0.5) is 0 Å². The summed E-state index contributed by atoms with van der Waals surface area (Å²) in [5.41, 5.74) is 0. The number of carbonyl (C=O) groups is 2. The molecule has 0 spiro atoms. The van der Waals surface area contributed by atoms with Gasteiger partial charge in [-0.1, -0.05) is 34.6 Å². The average Bonchev–Trinajstić information content (AvgIpc) is 2.26. The third-order valence-electron chi connectivity index (χ3n) is 2.78. The highest BCUT2D eigenvalue weighted by molar-refractivity contribution is 5.79. The molecule has 0 rings (SSSR count). The van der Waals surface area contributed by atoms with Crippen molar-refractivity contribution in [2.75, 3.05) is 32.7 Å². The third kappa shape index (κ3) is 8.91. The lowest BCUT2D eigenvalue weighted by molar-refractivity contribution is -0.140. The van der Waals surface area contributed by atoms with Crippen molar-refractivity contribution in [1.29, 1.82) is 0 Å². The van der Waals surface area contributed by atoms with E-state index in [1.165, 1.54) is 0 Å². The van der Waals surface area contributed by atoms with E-state index in [2.05, 4.69) is 27.7 Å². The lowest BCUT2D eigenvalue weighted by Gasteiger charge is -2.29. The van der Waals surface area contributed by atoms with E-state index in [4.69, 9.17) is 5.11 Å². The van der Waals surface area contributed by atoms with Gasteiger partial charge in [-0.25, -0.2) is 0 Å². The van der Waals surface area contributed by atoms with E-state index in [1.807, 2.05) is 11.8 Å². The molecule has 5 nitrogen and oxygen atoms in total.